The van der Waals surface area contributed by atoms with Gasteiger partial charge in [0.15, 0.2) is 0 Å². The lowest BCUT2D eigenvalue weighted by Crippen LogP contribution is -2.16. The Labute approximate surface area is 149 Å². The van der Waals surface area contributed by atoms with Crippen molar-refractivity contribution < 1.29 is 14.3 Å². The number of benzene rings is 2. The first-order chi connectivity index (χ1) is 12.1. The van der Waals surface area contributed by atoms with E-state index in [9.17, 15) is 4.79 Å². The highest BCUT2D eigenvalue weighted by Crippen LogP contribution is 2.36. The van der Waals surface area contributed by atoms with Gasteiger partial charge >= 0.3 is 0 Å². The van der Waals surface area contributed by atoms with E-state index in [1.165, 1.54) is 11.1 Å². The molecular weight excluding hydrogens is 314 g/mol. The molecule has 1 aliphatic carbocycles. The van der Waals surface area contributed by atoms with Gasteiger partial charge in [-0.2, -0.15) is 0 Å². The van der Waals surface area contributed by atoms with E-state index in [-0.39, 0.29) is 17.9 Å². The van der Waals surface area contributed by atoms with Gasteiger partial charge in [0.05, 0.1) is 18.9 Å². The molecule has 1 amide bonds. The van der Waals surface area contributed by atoms with Crippen LogP contribution in [-0.2, 0) is 11.2 Å². The van der Waals surface area contributed by atoms with Crippen molar-refractivity contribution in [3.63, 3.8) is 0 Å². The first-order valence-corrected chi connectivity index (χ1v) is 8.79. The molecule has 25 heavy (non-hydrogen) atoms. The van der Waals surface area contributed by atoms with E-state index in [0.29, 0.717) is 23.6 Å². The number of nitrogens with one attached hydrogen (secondary N) is 1. The second kappa shape index (κ2) is 7.60. The normalized spacial score (nSPS) is 15.8. The summed E-state index contributed by atoms with van der Waals surface area (Å²) in [6.45, 7) is 3.93. The molecule has 2 aromatic carbocycles. The van der Waals surface area contributed by atoms with Crippen LogP contribution in [0.2, 0.25) is 0 Å². The Balaban J connectivity index is 1.72. The highest BCUT2D eigenvalue weighted by molar-refractivity contribution is 5.93. The Morgan fingerprint density at radius 2 is 2.04 bits per heavy atom. The number of rotatable bonds is 6. The zero-order valence-corrected chi connectivity index (χ0v) is 15.0. The summed E-state index contributed by atoms with van der Waals surface area (Å²) in [6.07, 6.45) is 2.59. The highest BCUT2D eigenvalue weighted by atomic mass is 16.5. The van der Waals surface area contributed by atoms with Gasteiger partial charge in [0.2, 0.25) is 5.91 Å². The van der Waals surface area contributed by atoms with Crippen molar-refractivity contribution >= 4 is 11.6 Å². The van der Waals surface area contributed by atoms with Crippen LogP contribution >= 0.6 is 0 Å². The Bertz CT molecular complexity index is 755. The molecule has 4 heteroatoms. The molecule has 2 aromatic rings. The number of hydrogen-bond donors (Lipinski definition) is 1. The van der Waals surface area contributed by atoms with E-state index in [0.717, 1.165) is 12.8 Å². The van der Waals surface area contributed by atoms with Crippen LogP contribution in [0.5, 0.6) is 11.5 Å². The fraction of sp³-hybridized carbons (Fsp3) is 0.381. The van der Waals surface area contributed by atoms with Crippen molar-refractivity contribution in [1.29, 1.82) is 0 Å². The fourth-order valence-electron chi connectivity index (χ4n) is 3.37. The van der Waals surface area contributed by atoms with Gasteiger partial charge in [-0.25, -0.2) is 0 Å². The third kappa shape index (κ3) is 4.13. The van der Waals surface area contributed by atoms with Crippen LogP contribution in [0.3, 0.4) is 0 Å². The molecule has 0 aromatic heterocycles. The van der Waals surface area contributed by atoms with Crippen LogP contribution in [0.25, 0.3) is 0 Å². The predicted molar refractivity (Wildman–Crippen MR) is 99.5 cm³/mol. The number of fused-ring (bicyclic) bond motifs is 1. The molecule has 132 valence electrons. The fourth-order valence-corrected chi connectivity index (χ4v) is 3.37. The second-order valence-corrected chi connectivity index (χ2v) is 6.72. The lowest BCUT2D eigenvalue weighted by Gasteiger charge is -2.17. The monoisotopic (exact) mass is 339 g/mol. The molecule has 1 N–H and O–H groups in total. The number of amides is 1. The molecular formula is C21H25NO3. The van der Waals surface area contributed by atoms with Crippen molar-refractivity contribution in [3.8, 4) is 11.5 Å². The number of anilines is 1. The van der Waals surface area contributed by atoms with Crippen molar-refractivity contribution in [2.45, 2.75) is 45.1 Å². The minimum Gasteiger partial charge on any atom is -0.497 e. The molecule has 0 bridgehead atoms. The van der Waals surface area contributed by atoms with E-state index in [2.05, 4.69) is 23.5 Å². The van der Waals surface area contributed by atoms with Crippen molar-refractivity contribution in [3.05, 3.63) is 53.6 Å². The average Bonchev–Trinajstić information content (AvgIpc) is 2.99. The number of carbonyl (C=O) groups is 1. The molecule has 0 heterocycles. The number of hydrogen-bond acceptors (Lipinski definition) is 3. The minimum absolute atomic E-state index is 0.00330. The van der Waals surface area contributed by atoms with Gasteiger partial charge in [0.1, 0.15) is 11.5 Å². The molecule has 1 aliphatic rings. The van der Waals surface area contributed by atoms with Gasteiger partial charge in [0, 0.05) is 12.5 Å². The summed E-state index contributed by atoms with van der Waals surface area (Å²) in [4.78, 5) is 12.6. The first-order valence-electron chi connectivity index (χ1n) is 8.79. The molecule has 4 nitrogen and oxygen atoms in total. The van der Waals surface area contributed by atoms with Gasteiger partial charge in [-0.15, -0.1) is 0 Å². The second-order valence-electron chi connectivity index (χ2n) is 6.72. The van der Waals surface area contributed by atoms with E-state index in [1.54, 1.807) is 13.2 Å². The summed E-state index contributed by atoms with van der Waals surface area (Å²) in [6, 6.07) is 13.9. The Morgan fingerprint density at radius 1 is 1.24 bits per heavy atom. The molecule has 0 spiro atoms. The number of ether oxygens (including phenoxy) is 2. The Hall–Kier alpha value is -2.49. The lowest BCUT2D eigenvalue weighted by atomic mass is 9.97. The summed E-state index contributed by atoms with van der Waals surface area (Å²) in [5.41, 5.74) is 3.33. The third-order valence-electron chi connectivity index (χ3n) is 4.51. The predicted octanol–water partition coefficient (Wildman–Crippen LogP) is 4.54. The van der Waals surface area contributed by atoms with Gasteiger partial charge in [-0.3, -0.25) is 4.79 Å². The molecule has 3 rings (SSSR count). The zero-order chi connectivity index (χ0) is 17.8. The van der Waals surface area contributed by atoms with E-state index in [1.807, 2.05) is 32.0 Å². The van der Waals surface area contributed by atoms with Gasteiger partial charge < -0.3 is 14.8 Å². The standard InChI is InChI=1S/C21H25NO3/c1-14(2)25-20-11-10-17(24-3)13-19(20)22-21(23)12-16-9-8-15-6-4-5-7-18(15)16/h4-7,10-11,13-14,16H,8-9,12H2,1-3H3,(H,22,23). The molecule has 0 radical (unpaired) electrons. The van der Waals surface area contributed by atoms with Crippen molar-refractivity contribution in [1.82, 2.24) is 0 Å². The lowest BCUT2D eigenvalue weighted by molar-refractivity contribution is -0.116. The van der Waals surface area contributed by atoms with Gasteiger partial charge in [-0.05, 0) is 55.9 Å². The maximum absolute atomic E-state index is 12.6. The molecule has 0 saturated carbocycles. The molecule has 1 unspecified atom stereocenters. The summed E-state index contributed by atoms with van der Waals surface area (Å²) < 4.78 is 11.1. The summed E-state index contributed by atoms with van der Waals surface area (Å²) >= 11 is 0. The third-order valence-corrected chi connectivity index (χ3v) is 4.51. The zero-order valence-electron chi connectivity index (χ0n) is 15.0. The molecule has 1 atom stereocenters. The first kappa shape index (κ1) is 17.3. The number of aryl methyl sites for hydroxylation is 1. The summed E-state index contributed by atoms with van der Waals surface area (Å²) in [5, 5.41) is 3.00. The van der Waals surface area contributed by atoms with Crippen LogP contribution in [0.1, 0.15) is 43.7 Å². The van der Waals surface area contributed by atoms with E-state index < -0.39 is 0 Å². The van der Waals surface area contributed by atoms with Gasteiger partial charge in [0.25, 0.3) is 0 Å². The van der Waals surface area contributed by atoms with Gasteiger partial charge in [-0.1, -0.05) is 24.3 Å². The average molecular weight is 339 g/mol. The summed E-state index contributed by atoms with van der Waals surface area (Å²) in [5.74, 6) is 1.65. The number of carbonyl (C=O) groups excluding carboxylic acids is 1. The van der Waals surface area contributed by atoms with E-state index >= 15 is 0 Å². The maximum Gasteiger partial charge on any atom is 0.225 e. The maximum atomic E-state index is 12.6. The molecule has 0 fully saturated rings. The van der Waals surface area contributed by atoms with Crippen LogP contribution in [0, 0.1) is 0 Å². The SMILES string of the molecule is COc1ccc(OC(C)C)c(NC(=O)CC2CCc3ccccc32)c1. The van der Waals surface area contributed by atoms with E-state index in [4.69, 9.17) is 9.47 Å². The van der Waals surface area contributed by atoms with Crippen LogP contribution in [0.15, 0.2) is 42.5 Å². The Morgan fingerprint density at radius 3 is 2.80 bits per heavy atom. The molecule has 0 aliphatic heterocycles. The quantitative estimate of drug-likeness (QED) is 0.840. The topological polar surface area (TPSA) is 47.6 Å². The largest absolute Gasteiger partial charge is 0.497 e. The Kier molecular flexibility index (Phi) is 5.27. The number of methoxy groups -OCH3 is 1. The van der Waals surface area contributed by atoms with Crippen molar-refractivity contribution in [2.75, 3.05) is 12.4 Å². The highest BCUT2D eigenvalue weighted by Gasteiger charge is 2.24. The molecule has 0 saturated heterocycles. The van der Waals surface area contributed by atoms with Crippen molar-refractivity contribution in [2.24, 2.45) is 0 Å². The smallest absolute Gasteiger partial charge is 0.225 e. The van der Waals surface area contributed by atoms with Crippen LogP contribution in [-0.4, -0.2) is 19.1 Å². The summed E-state index contributed by atoms with van der Waals surface area (Å²) in [7, 11) is 1.61. The minimum atomic E-state index is 0.00330. The van der Waals surface area contributed by atoms with Crippen LogP contribution < -0.4 is 14.8 Å². The van der Waals surface area contributed by atoms with Crippen LogP contribution in [0.4, 0.5) is 5.69 Å².